The minimum absolute atomic E-state index is 0.0127. The van der Waals surface area contributed by atoms with E-state index in [1.54, 1.807) is 6.07 Å². The number of hydrogen-bond acceptors (Lipinski definition) is 4. The van der Waals surface area contributed by atoms with E-state index < -0.39 is 24.1 Å². The molecule has 6 heteroatoms. The van der Waals surface area contributed by atoms with Crippen molar-refractivity contribution in [1.82, 2.24) is 5.32 Å². The quantitative estimate of drug-likeness (QED) is 0.584. The number of aliphatic hydroxyl groups is 2. The van der Waals surface area contributed by atoms with Crippen molar-refractivity contribution in [2.45, 2.75) is 12.5 Å². The van der Waals surface area contributed by atoms with E-state index in [1.807, 2.05) is 0 Å². The molecule has 1 rings (SSSR count). The summed E-state index contributed by atoms with van der Waals surface area (Å²) >= 11 is 0. The summed E-state index contributed by atoms with van der Waals surface area (Å²) in [5.41, 5.74) is -1.54. The normalized spacial score (nSPS) is 13.7. The summed E-state index contributed by atoms with van der Waals surface area (Å²) in [7, 11) is 0. The van der Waals surface area contributed by atoms with Gasteiger partial charge in [-0.25, -0.2) is 4.79 Å². The zero-order valence-electron chi connectivity index (χ0n) is 9.88. The van der Waals surface area contributed by atoms with Crippen LogP contribution >= 0.6 is 0 Å². The van der Waals surface area contributed by atoms with Crippen LogP contribution in [0.5, 0.6) is 0 Å². The van der Waals surface area contributed by atoms with E-state index in [0.29, 0.717) is 0 Å². The summed E-state index contributed by atoms with van der Waals surface area (Å²) in [6.45, 7) is 0.681. The lowest BCUT2D eigenvalue weighted by Gasteiger charge is -2.20. The van der Waals surface area contributed by atoms with Gasteiger partial charge in [0.05, 0.1) is 17.7 Å². The third-order valence-corrected chi connectivity index (χ3v) is 2.37. The van der Waals surface area contributed by atoms with E-state index in [9.17, 15) is 14.7 Å². The summed E-state index contributed by atoms with van der Waals surface area (Å²) in [4.78, 5) is 22.7. The van der Waals surface area contributed by atoms with Gasteiger partial charge < -0.3 is 20.6 Å². The van der Waals surface area contributed by atoms with Crippen molar-refractivity contribution in [3.05, 3.63) is 35.4 Å². The van der Waals surface area contributed by atoms with Gasteiger partial charge in [-0.3, -0.25) is 4.79 Å². The van der Waals surface area contributed by atoms with Crippen LogP contribution in [0.3, 0.4) is 0 Å². The highest BCUT2D eigenvalue weighted by molar-refractivity contribution is 6.04. The molecule has 18 heavy (non-hydrogen) atoms. The predicted octanol–water partition coefficient (Wildman–Crippen LogP) is -0.142. The number of carboxylic acid groups (broad SMARTS) is 1. The number of rotatable bonds is 5. The number of carbonyl (C=O) groups is 2. The number of amides is 1. The van der Waals surface area contributed by atoms with Crippen molar-refractivity contribution >= 4 is 11.9 Å². The number of aromatic carboxylic acids is 1. The van der Waals surface area contributed by atoms with Gasteiger partial charge in [-0.05, 0) is 19.1 Å². The average Bonchev–Trinajstić information content (AvgIpc) is 2.36. The molecule has 0 saturated heterocycles. The van der Waals surface area contributed by atoms with Crippen LogP contribution in [0.25, 0.3) is 0 Å². The molecular formula is C12H15NO5. The Morgan fingerprint density at radius 3 is 2.33 bits per heavy atom. The number of aliphatic hydroxyl groups excluding tert-OH is 1. The van der Waals surface area contributed by atoms with E-state index in [1.165, 1.54) is 25.1 Å². The minimum Gasteiger partial charge on any atom is -0.478 e. The Labute approximate surface area is 104 Å². The fourth-order valence-corrected chi connectivity index (χ4v) is 1.29. The molecule has 0 bridgehead atoms. The van der Waals surface area contributed by atoms with Crippen LogP contribution in [0, 0.1) is 0 Å². The summed E-state index contributed by atoms with van der Waals surface area (Å²) in [5.74, 6) is -1.81. The van der Waals surface area contributed by atoms with Crippen molar-refractivity contribution in [2.75, 3.05) is 13.2 Å². The SMILES string of the molecule is CC(O)(CO)CNC(=O)c1ccccc1C(=O)O. The molecular weight excluding hydrogens is 238 g/mol. The number of carboxylic acids is 1. The van der Waals surface area contributed by atoms with E-state index in [-0.39, 0.29) is 17.7 Å². The lowest BCUT2D eigenvalue weighted by atomic mass is 10.1. The molecule has 4 N–H and O–H groups in total. The molecule has 0 aliphatic rings. The van der Waals surface area contributed by atoms with Crippen LogP contribution < -0.4 is 5.32 Å². The van der Waals surface area contributed by atoms with E-state index in [4.69, 9.17) is 10.2 Å². The van der Waals surface area contributed by atoms with E-state index >= 15 is 0 Å². The molecule has 0 aliphatic carbocycles. The Bertz CT molecular complexity index is 456. The summed E-state index contributed by atoms with van der Waals surface area (Å²) in [6, 6.07) is 5.77. The van der Waals surface area contributed by atoms with Gasteiger partial charge in [-0.1, -0.05) is 12.1 Å². The zero-order valence-corrected chi connectivity index (χ0v) is 9.88. The third kappa shape index (κ3) is 3.54. The molecule has 98 valence electrons. The van der Waals surface area contributed by atoms with Crippen LogP contribution in [-0.2, 0) is 0 Å². The molecule has 0 spiro atoms. The standard InChI is InChI=1S/C12H15NO5/c1-12(18,7-14)6-13-10(15)8-4-2-3-5-9(8)11(16)17/h2-5,14,18H,6-7H2,1H3,(H,13,15)(H,16,17). The predicted molar refractivity (Wildman–Crippen MR) is 63.4 cm³/mol. The van der Waals surface area contributed by atoms with Crippen molar-refractivity contribution < 1.29 is 24.9 Å². The minimum atomic E-state index is -1.44. The van der Waals surface area contributed by atoms with Gasteiger partial charge in [0.1, 0.15) is 5.60 Å². The Balaban J connectivity index is 2.82. The van der Waals surface area contributed by atoms with Gasteiger partial charge in [0.2, 0.25) is 0 Å². The number of nitrogens with one attached hydrogen (secondary N) is 1. The molecule has 1 atom stereocenters. The average molecular weight is 253 g/mol. The van der Waals surface area contributed by atoms with Gasteiger partial charge in [0.15, 0.2) is 0 Å². The second-order valence-electron chi connectivity index (χ2n) is 4.19. The number of carbonyl (C=O) groups excluding carboxylic acids is 1. The zero-order chi connectivity index (χ0) is 13.8. The van der Waals surface area contributed by atoms with Gasteiger partial charge in [-0.2, -0.15) is 0 Å². The molecule has 0 radical (unpaired) electrons. The first kappa shape index (κ1) is 14.1. The second-order valence-corrected chi connectivity index (χ2v) is 4.19. The smallest absolute Gasteiger partial charge is 0.336 e. The molecule has 1 aromatic rings. The van der Waals surface area contributed by atoms with E-state index in [2.05, 4.69) is 5.32 Å². The molecule has 1 aromatic carbocycles. The lowest BCUT2D eigenvalue weighted by molar-refractivity contribution is 0.00319. The fraction of sp³-hybridized carbons (Fsp3) is 0.333. The topological polar surface area (TPSA) is 107 Å². The molecule has 0 heterocycles. The Hall–Kier alpha value is -1.92. The van der Waals surface area contributed by atoms with E-state index in [0.717, 1.165) is 0 Å². The summed E-state index contributed by atoms with van der Waals surface area (Å²) in [6.07, 6.45) is 0. The highest BCUT2D eigenvalue weighted by Gasteiger charge is 2.22. The second kappa shape index (κ2) is 5.61. The molecule has 1 unspecified atom stereocenters. The molecule has 0 aliphatic heterocycles. The fourth-order valence-electron chi connectivity index (χ4n) is 1.29. The van der Waals surface area contributed by atoms with Crippen molar-refractivity contribution in [1.29, 1.82) is 0 Å². The molecule has 6 nitrogen and oxygen atoms in total. The largest absolute Gasteiger partial charge is 0.478 e. The maximum absolute atomic E-state index is 11.8. The molecule has 0 aromatic heterocycles. The van der Waals surface area contributed by atoms with Gasteiger partial charge >= 0.3 is 5.97 Å². The number of benzene rings is 1. The third-order valence-electron chi connectivity index (χ3n) is 2.37. The Kier molecular flexibility index (Phi) is 4.41. The van der Waals surface area contributed by atoms with Crippen molar-refractivity contribution in [2.24, 2.45) is 0 Å². The Morgan fingerprint density at radius 2 is 1.83 bits per heavy atom. The monoisotopic (exact) mass is 253 g/mol. The molecule has 0 saturated carbocycles. The highest BCUT2D eigenvalue weighted by Crippen LogP contribution is 2.09. The van der Waals surface area contributed by atoms with Crippen LogP contribution in [0.15, 0.2) is 24.3 Å². The van der Waals surface area contributed by atoms with Crippen LogP contribution in [0.2, 0.25) is 0 Å². The van der Waals surface area contributed by atoms with Crippen molar-refractivity contribution in [3.63, 3.8) is 0 Å². The summed E-state index contributed by atoms with van der Waals surface area (Å²) < 4.78 is 0. The van der Waals surface area contributed by atoms with Crippen LogP contribution in [0.1, 0.15) is 27.6 Å². The Morgan fingerprint density at radius 1 is 1.28 bits per heavy atom. The number of hydrogen-bond donors (Lipinski definition) is 4. The maximum atomic E-state index is 11.8. The first-order valence-corrected chi connectivity index (χ1v) is 5.31. The van der Waals surface area contributed by atoms with Gasteiger partial charge in [0.25, 0.3) is 5.91 Å². The lowest BCUT2D eigenvalue weighted by Crippen LogP contribution is -2.43. The van der Waals surface area contributed by atoms with Crippen molar-refractivity contribution in [3.8, 4) is 0 Å². The highest BCUT2D eigenvalue weighted by atomic mass is 16.4. The van der Waals surface area contributed by atoms with Gasteiger partial charge in [-0.15, -0.1) is 0 Å². The maximum Gasteiger partial charge on any atom is 0.336 e. The summed E-state index contributed by atoms with van der Waals surface area (Å²) in [5, 5.41) is 29.6. The first-order valence-electron chi connectivity index (χ1n) is 5.31. The van der Waals surface area contributed by atoms with Crippen LogP contribution in [-0.4, -0.2) is 45.9 Å². The van der Waals surface area contributed by atoms with Gasteiger partial charge in [0, 0.05) is 6.54 Å². The first-order chi connectivity index (χ1) is 8.37. The molecule has 0 fully saturated rings. The molecule has 1 amide bonds. The van der Waals surface area contributed by atoms with Crippen LogP contribution in [0.4, 0.5) is 0 Å².